The molecule has 1 amide bonds. The highest BCUT2D eigenvalue weighted by Gasteiger charge is 2.08. The minimum absolute atomic E-state index is 0.222. The van der Waals surface area contributed by atoms with Gasteiger partial charge in [-0.1, -0.05) is 0 Å². The Morgan fingerprint density at radius 1 is 1.50 bits per heavy atom. The Morgan fingerprint density at radius 3 is 3.06 bits per heavy atom. The maximum atomic E-state index is 11.7. The fourth-order valence-corrected chi connectivity index (χ4v) is 1.22. The predicted molar refractivity (Wildman–Crippen MR) is 57.7 cm³/mol. The smallest absolute Gasteiger partial charge is 0.274 e. The van der Waals surface area contributed by atoms with Crippen LogP contribution in [-0.2, 0) is 0 Å². The number of carbonyl (C=O) groups excluding carboxylic acids is 1. The molecule has 2 N–H and O–H groups in total. The molecule has 0 saturated carbocycles. The van der Waals surface area contributed by atoms with Crippen molar-refractivity contribution in [3.63, 3.8) is 0 Å². The molecule has 2 aromatic heterocycles. The molecule has 0 aliphatic carbocycles. The average molecular weight is 212 g/mol. The van der Waals surface area contributed by atoms with E-state index < -0.39 is 0 Å². The fourth-order valence-electron chi connectivity index (χ4n) is 1.22. The molecule has 0 saturated heterocycles. The number of rotatable bonds is 2. The number of carbonyl (C=O) groups is 1. The third kappa shape index (κ3) is 2.07. The second-order valence-electron chi connectivity index (χ2n) is 3.10. The van der Waals surface area contributed by atoms with Gasteiger partial charge >= 0.3 is 0 Å². The number of aromatic amines is 1. The molecule has 0 spiro atoms. The van der Waals surface area contributed by atoms with Gasteiger partial charge < -0.3 is 10.3 Å². The van der Waals surface area contributed by atoms with E-state index in [0.717, 1.165) is 0 Å². The van der Waals surface area contributed by atoms with Crippen LogP contribution in [-0.4, -0.2) is 15.9 Å². The van der Waals surface area contributed by atoms with Crippen LogP contribution < -0.4 is 5.32 Å². The number of hydrogen-bond acceptors (Lipinski definition) is 3. The van der Waals surface area contributed by atoms with Crippen LogP contribution in [0.5, 0.6) is 0 Å². The average Bonchev–Trinajstić information content (AvgIpc) is 2.82. The first-order valence-electron chi connectivity index (χ1n) is 4.60. The number of H-pyrrole nitrogens is 1. The summed E-state index contributed by atoms with van der Waals surface area (Å²) < 4.78 is 0. The van der Waals surface area contributed by atoms with E-state index in [9.17, 15) is 4.79 Å². The number of nitrogens with one attached hydrogen (secondary N) is 2. The summed E-state index contributed by atoms with van der Waals surface area (Å²) in [6, 6.07) is 6.68. The van der Waals surface area contributed by atoms with E-state index in [1.54, 1.807) is 24.5 Å². The van der Waals surface area contributed by atoms with Gasteiger partial charge in [-0.2, -0.15) is 5.26 Å². The molecule has 16 heavy (non-hydrogen) atoms. The number of nitriles is 1. The minimum atomic E-state index is -0.336. The molecule has 5 nitrogen and oxygen atoms in total. The van der Waals surface area contributed by atoms with Gasteiger partial charge in [0.25, 0.3) is 5.91 Å². The Kier molecular flexibility index (Phi) is 2.65. The molecule has 0 aliphatic rings. The lowest BCUT2D eigenvalue weighted by Gasteiger charge is -2.01. The van der Waals surface area contributed by atoms with Crippen molar-refractivity contribution in [1.29, 1.82) is 5.26 Å². The largest absolute Gasteiger partial charge is 0.366 e. The van der Waals surface area contributed by atoms with Crippen LogP contribution in [0.3, 0.4) is 0 Å². The van der Waals surface area contributed by atoms with Crippen molar-refractivity contribution in [3.8, 4) is 6.07 Å². The Morgan fingerprint density at radius 2 is 2.38 bits per heavy atom. The Bertz CT molecular complexity index is 539. The summed E-state index contributed by atoms with van der Waals surface area (Å²) in [5.41, 5.74) is 1.30. The van der Waals surface area contributed by atoms with E-state index in [1.165, 1.54) is 12.3 Å². The van der Waals surface area contributed by atoms with Crippen LogP contribution >= 0.6 is 0 Å². The normalized spacial score (nSPS) is 9.44. The minimum Gasteiger partial charge on any atom is -0.366 e. The first-order valence-corrected chi connectivity index (χ1v) is 4.60. The maximum absolute atomic E-state index is 11.7. The quantitative estimate of drug-likeness (QED) is 0.792. The first-order chi connectivity index (χ1) is 7.79. The van der Waals surface area contributed by atoms with Crippen LogP contribution in [0.1, 0.15) is 16.1 Å². The van der Waals surface area contributed by atoms with Gasteiger partial charge in [-0.15, -0.1) is 0 Å². The van der Waals surface area contributed by atoms with E-state index in [0.29, 0.717) is 11.3 Å². The lowest BCUT2D eigenvalue weighted by molar-refractivity contribution is 0.102. The van der Waals surface area contributed by atoms with Crippen LogP contribution in [0.25, 0.3) is 0 Å². The lowest BCUT2D eigenvalue weighted by atomic mass is 10.2. The highest BCUT2D eigenvalue weighted by molar-refractivity contribution is 6.02. The van der Waals surface area contributed by atoms with E-state index in [4.69, 9.17) is 5.26 Å². The van der Waals surface area contributed by atoms with Gasteiger partial charge in [-0.05, 0) is 18.2 Å². The molecule has 2 aromatic rings. The Hall–Kier alpha value is -2.61. The summed E-state index contributed by atoms with van der Waals surface area (Å²) in [6.45, 7) is 0. The van der Waals surface area contributed by atoms with Gasteiger partial charge in [0, 0.05) is 18.6 Å². The van der Waals surface area contributed by atoms with Crippen LogP contribution in [0.2, 0.25) is 0 Å². The molecular formula is C11H8N4O. The molecule has 0 aliphatic heterocycles. The summed E-state index contributed by atoms with van der Waals surface area (Å²) >= 11 is 0. The number of hydrogen-bond donors (Lipinski definition) is 2. The number of pyridine rings is 1. The molecule has 0 bridgehead atoms. The molecular weight excluding hydrogens is 204 g/mol. The third-order valence-electron chi connectivity index (χ3n) is 1.98. The molecule has 2 rings (SSSR count). The van der Waals surface area contributed by atoms with Gasteiger partial charge in [-0.25, -0.2) is 0 Å². The summed E-state index contributed by atoms with van der Waals surface area (Å²) in [6.07, 6.45) is 4.80. The van der Waals surface area contributed by atoms with Crippen LogP contribution in [0.15, 0.2) is 36.8 Å². The summed E-state index contributed by atoms with van der Waals surface area (Å²) in [4.78, 5) is 18.4. The molecule has 78 valence electrons. The fraction of sp³-hybridized carbons (Fsp3) is 0. The van der Waals surface area contributed by atoms with Gasteiger partial charge in [0.15, 0.2) is 0 Å². The molecule has 0 atom stereocenters. The summed E-state index contributed by atoms with van der Waals surface area (Å²) in [5, 5.41) is 11.3. The van der Waals surface area contributed by atoms with Crippen molar-refractivity contribution in [2.24, 2.45) is 0 Å². The zero-order valence-electron chi connectivity index (χ0n) is 8.27. The van der Waals surface area contributed by atoms with Gasteiger partial charge in [0.1, 0.15) is 5.69 Å². The number of aromatic nitrogens is 2. The van der Waals surface area contributed by atoms with Crippen molar-refractivity contribution < 1.29 is 4.79 Å². The molecule has 0 aromatic carbocycles. The molecule has 0 radical (unpaired) electrons. The molecule has 2 heterocycles. The van der Waals surface area contributed by atoms with E-state index in [2.05, 4.69) is 15.3 Å². The van der Waals surface area contributed by atoms with E-state index >= 15 is 0 Å². The predicted octanol–water partition coefficient (Wildman–Crippen LogP) is 1.53. The topological polar surface area (TPSA) is 81.6 Å². The summed E-state index contributed by atoms with van der Waals surface area (Å²) in [7, 11) is 0. The van der Waals surface area contributed by atoms with Gasteiger partial charge in [-0.3, -0.25) is 9.78 Å². The highest BCUT2D eigenvalue weighted by atomic mass is 16.1. The zero-order valence-corrected chi connectivity index (χ0v) is 8.27. The van der Waals surface area contributed by atoms with Crippen LogP contribution in [0, 0.1) is 11.3 Å². The molecule has 0 unspecified atom stereocenters. The van der Waals surface area contributed by atoms with Crippen LogP contribution in [0.4, 0.5) is 5.69 Å². The first kappa shape index (κ1) is 9.93. The van der Waals surface area contributed by atoms with Crippen molar-refractivity contribution in [2.45, 2.75) is 0 Å². The monoisotopic (exact) mass is 212 g/mol. The van der Waals surface area contributed by atoms with Gasteiger partial charge in [0.2, 0.25) is 0 Å². The number of nitrogens with zero attached hydrogens (tertiary/aromatic N) is 2. The number of anilines is 1. The molecule has 5 heteroatoms. The Labute approximate surface area is 91.8 Å². The number of amides is 1. The maximum Gasteiger partial charge on any atom is 0.274 e. The van der Waals surface area contributed by atoms with Crippen molar-refractivity contribution in [2.75, 3.05) is 5.32 Å². The van der Waals surface area contributed by atoms with E-state index in [1.807, 2.05) is 6.07 Å². The summed E-state index contributed by atoms with van der Waals surface area (Å²) in [5.74, 6) is -0.336. The lowest BCUT2D eigenvalue weighted by Crippen LogP contribution is -2.13. The Balaban J connectivity index is 2.18. The SMILES string of the molecule is N#Cc1ccnc(C(=O)Nc2cc[nH]c2)c1. The second-order valence-corrected chi connectivity index (χ2v) is 3.10. The van der Waals surface area contributed by atoms with Crippen molar-refractivity contribution in [3.05, 3.63) is 48.0 Å². The highest BCUT2D eigenvalue weighted by Crippen LogP contribution is 2.07. The van der Waals surface area contributed by atoms with E-state index in [-0.39, 0.29) is 11.6 Å². The van der Waals surface area contributed by atoms with Crippen molar-refractivity contribution in [1.82, 2.24) is 9.97 Å². The van der Waals surface area contributed by atoms with Crippen molar-refractivity contribution >= 4 is 11.6 Å². The third-order valence-corrected chi connectivity index (χ3v) is 1.98. The standard InChI is InChI=1S/C11H8N4O/c12-6-8-1-4-14-10(5-8)11(16)15-9-2-3-13-7-9/h1-5,7,13H,(H,15,16). The second kappa shape index (κ2) is 4.28. The molecule has 0 fully saturated rings. The van der Waals surface area contributed by atoms with Gasteiger partial charge in [0.05, 0.1) is 17.3 Å². The zero-order chi connectivity index (χ0) is 11.4.